The molecular weight excluding hydrogens is 264 g/mol. The van der Waals surface area contributed by atoms with Crippen molar-refractivity contribution in [2.45, 2.75) is 19.4 Å². The SMILES string of the molecule is c1cc(OC[C@H]2CCCNC2)ccc1CN1CCOCC1. The minimum atomic E-state index is 0.659. The van der Waals surface area contributed by atoms with Crippen LogP contribution in [0.5, 0.6) is 5.75 Å². The second-order valence-corrected chi connectivity index (χ2v) is 6.06. The van der Waals surface area contributed by atoms with E-state index < -0.39 is 0 Å². The third-order valence-electron chi connectivity index (χ3n) is 4.32. The van der Waals surface area contributed by atoms with Crippen LogP contribution in [-0.2, 0) is 11.3 Å². The number of morpholine rings is 1. The van der Waals surface area contributed by atoms with Crippen LogP contribution in [0, 0.1) is 5.92 Å². The first-order chi connectivity index (χ1) is 10.4. The zero-order valence-corrected chi connectivity index (χ0v) is 12.7. The number of hydrogen-bond acceptors (Lipinski definition) is 4. The molecule has 116 valence electrons. The maximum absolute atomic E-state index is 5.92. The van der Waals surface area contributed by atoms with Crippen molar-refractivity contribution in [3.8, 4) is 5.75 Å². The second-order valence-electron chi connectivity index (χ2n) is 6.06. The van der Waals surface area contributed by atoms with Gasteiger partial charge in [0.05, 0.1) is 19.8 Å². The molecule has 4 heteroatoms. The number of benzene rings is 1. The predicted octanol–water partition coefficient (Wildman–Crippen LogP) is 1.90. The number of piperidine rings is 1. The summed E-state index contributed by atoms with van der Waals surface area (Å²) in [5, 5.41) is 3.43. The molecule has 2 fully saturated rings. The lowest BCUT2D eigenvalue weighted by molar-refractivity contribution is 0.0342. The molecule has 0 saturated carbocycles. The Bertz CT molecular complexity index is 409. The number of hydrogen-bond donors (Lipinski definition) is 1. The smallest absolute Gasteiger partial charge is 0.119 e. The van der Waals surface area contributed by atoms with E-state index >= 15 is 0 Å². The molecule has 2 aliphatic heterocycles. The highest BCUT2D eigenvalue weighted by Crippen LogP contribution is 2.17. The Labute approximate surface area is 127 Å². The molecule has 21 heavy (non-hydrogen) atoms. The van der Waals surface area contributed by atoms with E-state index in [0.717, 1.165) is 58.3 Å². The maximum atomic E-state index is 5.92. The third kappa shape index (κ3) is 4.70. The van der Waals surface area contributed by atoms with E-state index in [1.54, 1.807) is 0 Å². The predicted molar refractivity (Wildman–Crippen MR) is 83.6 cm³/mol. The van der Waals surface area contributed by atoms with E-state index in [2.05, 4.69) is 34.5 Å². The van der Waals surface area contributed by atoms with Crippen molar-refractivity contribution in [2.75, 3.05) is 46.0 Å². The summed E-state index contributed by atoms with van der Waals surface area (Å²) in [6.07, 6.45) is 2.55. The Morgan fingerprint density at radius 1 is 1.19 bits per heavy atom. The summed E-state index contributed by atoms with van der Waals surface area (Å²) in [6, 6.07) is 8.58. The Kier molecular flexibility index (Phi) is 5.49. The molecule has 0 aromatic heterocycles. The van der Waals surface area contributed by atoms with E-state index in [1.165, 1.54) is 18.4 Å². The van der Waals surface area contributed by atoms with Gasteiger partial charge in [0.15, 0.2) is 0 Å². The molecule has 0 amide bonds. The van der Waals surface area contributed by atoms with Crippen LogP contribution in [0.4, 0.5) is 0 Å². The minimum absolute atomic E-state index is 0.659. The molecule has 4 nitrogen and oxygen atoms in total. The third-order valence-corrected chi connectivity index (χ3v) is 4.32. The fourth-order valence-electron chi connectivity index (χ4n) is 2.99. The van der Waals surface area contributed by atoms with Gasteiger partial charge in [0, 0.05) is 32.1 Å². The zero-order chi connectivity index (χ0) is 14.3. The monoisotopic (exact) mass is 290 g/mol. The summed E-state index contributed by atoms with van der Waals surface area (Å²) < 4.78 is 11.3. The molecule has 0 radical (unpaired) electrons. The molecule has 0 bridgehead atoms. The summed E-state index contributed by atoms with van der Waals surface area (Å²) in [5.74, 6) is 1.65. The average molecular weight is 290 g/mol. The molecular formula is C17H26N2O2. The van der Waals surface area contributed by atoms with Crippen LogP contribution in [0.25, 0.3) is 0 Å². The van der Waals surface area contributed by atoms with E-state index in [9.17, 15) is 0 Å². The highest BCUT2D eigenvalue weighted by Gasteiger charge is 2.14. The van der Waals surface area contributed by atoms with Gasteiger partial charge in [-0.3, -0.25) is 4.90 Å². The molecule has 2 aliphatic rings. The Morgan fingerprint density at radius 2 is 2.00 bits per heavy atom. The fraction of sp³-hybridized carbons (Fsp3) is 0.647. The zero-order valence-electron chi connectivity index (χ0n) is 12.7. The van der Waals surface area contributed by atoms with E-state index in [1.807, 2.05) is 0 Å². The topological polar surface area (TPSA) is 33.7 Å². The Hall–Kier alpha value is -1.10. The van der Waals surface area contributed by atoms with Crippen LogP contribution < -0.4 is 10.1 Å². The first-order valence-corrected chi connectivity index (χ1v) is 8.13. The summed E-state index contributed by atoms with van der Waals surface area (Å²) in [4.78, 5) is 2.44. The first-order valence-electron chi connectivity index (χ1n) is 8.13. The molecule has 1 aromatic rings. The van der Waals surface area contributed by atoms with Crippen molar-refractivity contribution in [1.82, 2.24) is 10.2 Å². The van der Waals surface area contributed by atoms with E-state index in [-0.39, 0.29) is 0 Å². The van der Waals surface area contributed by atoms with E-state index in [0.29, 0.717) is 5.92 Å². The highest BCUT2D eigenvalue weighted by molar-refractivity contribution is 5.27. The van der Waals surface area contributed by atoms with Crippen LogP contribution >= 0.6 is 0 Å². The number of rotatable bonds is 5. The second kappa shape index (κ2) is 7.78. The summed E-state index contributed by atoms with van der Waals surface area (Å²) in [7, 11) is 0. The summed E-state index contributed by atoms with van der Waals surface area (Å²) in [6.45, 7) is 7.88. The quantitative estimate of drug-likeness (QED) is 0.898. The molecule has 1 N–H and O–H groups in total. The van der Waals surface area contributed by atoms with Gasteiger partial charge in [0.2, 0.25) is 0 Å². The first kappa shape index (κ1) is 14.8. The lowest BCUT2D eigenvalue weighted by atomic mass is 10.0. The molecule has 1 aromatic carbocycles. The largest absolute Gasteiger partial charge is 0.493 e. The van der Waals surface area contributed by atoms with Gasteiger partial charge in [-0.15, -0.1) is 0 Å². The van der Waals surface area contributed by atoms with Crippen LogP contribution in [0.15, 0.2) is 24.3 Å². The molecule has 0 spiro atoms. The molecule has 0 unspecified atom stereocenters. The van der Waals surface area contributed by atoms with Gasteiger partial charge in [-0.25, -0.2) is 0 Å². The van der Waals surface area contributed by atoms with E-state index in [4.69, 9.17) is 9.47 Å². The number of nitrogens with one attached hydrogen (secondary N) is 1. The fourth-order valence-corrected chi connectivity index (χ4v) is 2.99. The van der Waals surface area contributed by atoms with Crippen molar-refractivity contribution >= 4 is 0 Å². The minimum Gasteiger partial charge on any atom is -0.493 e. The lowest BCUT2D eigenvalue weighted by Crippen LogP contribution is -2.35. The van der Waals surface area contributed by atoms with Gasteiger partial charge in [-0.1, -0.05) is 12.1 Å². The highest BCUT2D eigenvalue weighted by atomic mass is 16.5. The Balaban J connectivity index is 1.44. The van der Waals surface area contributed by atoms with Crippen LogP contribution in [0.2, 0.25) is 0 Å². The molecule has 2 heterocycles. The summed E-state index contributed by atoms with van der Waals surface area (Å²) in [5.41, 5.74) is 1.35. The van der Waals surface area contributed by atoms with Gasteiger partial charge in [-0.2, -0.15) is 0 Å². The maximum Gasteiger partial charge on any atom is 0.119 e. The van der Waals surface area contributed by atoms with Crippen LogP contribution in [-0.4, -0.2) is 50.9 Å². The molecule has 2 saturated heterocycles. The normalized spacial score (nSPS) is 23.9. The van der Waals surface area contributed by atoms with Crippen molar-refractivity contribution in [3.63, 3.8) is 0 Å². The summed E-state index contributed by atoms with van der Waals surface area (Å²) >= 11 is 0. The number of nitrogens with zero attached hydrogens (tertiary/aromatic N) is 1. The van der Waals surface area contributed by atoms with Gasteiger partial charge in [0.1, 0.15) is 5.75 Å². The molecule has 0 aliphatic carbocycles. The van der Waals surface area contributed by atoms with Crippen molar-refractivity contribution in [2.24, 2.45) is 5.92 Å². The Morgan fingerprint density at radius 3 is 2.71 bits per heavy atom. The van der Waals surface area contributed by atoms with Crippen molar-refractivity contribution < 1.29 is 9.47 Å². The van der Waals surface area contributed by atoms with Gasteiger partial charge >= 0.3 is 0 Å². The standard InChI is InChI=1S/C17H26N2O2/c1-2-16(12-18-7-1)14-21-17-5-3-15(4-6-17)13-19-8-10-20-11-9-19/h3-6,16,18H,1-2,7-14H2/t16-/m0/s1. The van der Waals surface area contributed by atoms with Crippen LogP contribution in [0.3, 0.4) is 0 Å². The van der Waals surface area contributed by atoms with Crippen molar-refractivity contribution in [1.29, 1.82) is 0 Å². The number of ether oxygens (including phenoxy) is 2. The average Bonchev–Trinajstić information content (AvgIpc) is 2.56. The lowest BCUT2D eigenvalue weighted by Gasteiger charge is -2.26. The molecule has 3 rings (SSSR count). The van der Waals surface area contributed by atoms with Gasteiger partial charge < -0.3 is 14.8 Å². The van der Waals surface area contributed by atoms with Crippen molar-refractivity contribution in [3.05, 3.63) is 29.8 Å². The van der Waals surface area contributed by atoms with Gasteiger partial charge in [0.25, 0.3) is 0 Å². The van der Waals surface area contributed by atoms with Crippen LogP contribution in [0.1, 0.15) is 18.4 Å². The van der Waals surface area contributed by atoms with Gasteiger partial charge in [-0.05, 0) is 37.1 Å². The molecule has 1 atom stereocenters.